The number of amides is 1. The van der Waals surface area contributed by atoms with Crippen LogP contribution in [-0.2, 0) is 11.3 Å². The third-order valence-corrected chi connectivity index (χ3v) is 5.96. The summed E-state index contributed by atoms with van der Waals surface area (Å²) in [4.78, 5) is 26.8. The number of hydrogen-bond donors (Lipinski definition) is 1. The number of ether oxygens (including phenoxy) is 1. The molecule has 1 fully saturated rings. The molecule has 3 aromatic rings. The molecule has 2 aromatic carbocycles. The van der Waals surface area contributed by atoms with Crippen LogP contribution in [0.1, 0.15) is 18.4 Å². The fraction of sp³-hybridized carbons (Fsp3) is 0.182. The third kappa shape index (κ3) is 4.60. The van der Waals surface area contributed by atoms with Crippen molar-refractivity contribution in [3.63, 3.8) is 0 Å². The fourth-order valence-corrected chi connectivity index (χ4v) is 4.19. The Hall–Kier alpha value is -2.83. The zero-order chi connectivity index (χ0) is 20.4. The van der Waals surface area contributed by atoms with Gasteiger partial charge in [-0.05, 0) is 42.2 Å². The molecule has 0 saturated heterocycles. The molecule has 0 spiro atoms. The van der Waals surface area contributed by atoms with E-state index in [-0.39, 0.29) is 16.9 Å². The van der Waals surface area contributed by atoms with E-state index in [1.165, 1.54) is 11.3 Å². The second kappa shape index (κ2) is 8.27. The van der Waals surface area contributed by atoms with Crippen LogP contribution in [0.4, 0.5) is 10.5 Å². The first-order valence-electron chi connectivity index (χ1n) is 9.17. The lowest BCUT2D eigenvalue weighted by molar-refractivity contribution is -0.119. The SMILES string of the molecule is O=C(O)Oc1sc(-c2ccccc2)cc1N(Cc1ccc(Cl)cc1)C(=O)C1CC1. The van der Waals surface area contributed by atoms with Gasteiger partial charge in [0.05, 0.1) is 12.2 Å². The largest absolute Gasteiger partial charge is 0.512 e. The summed E-state index contributed by atoms with van der Waals surface area (Å²) in [7, 11) is 0. The van der Waals surface area contributed by atoms with Crippen molar-refractivity contribution in [2.75, 3.05) is 4.90 Å². The van der Waals surface area contributed by atoms with Crippen LogP contribution in [0, 0.1) is 5.92 Å². The predicted octanol–water partition coefficient (Wildman–Crippen LogP) is 6.07. The molecule has 1 saturated carbocycles. The second-order valence-corrected chi connectivity index (χ2v) is 8.29. The molecular weight excluding hydrogens is 410 g/mol. The van der Waals surface area contributed by atoms with Gasteiger partial charge in [-0.2, -0.15) is 0 Å². The maximum atomic E-state index is 13.1. The van der Waals surface area contributed by atoms with Crippen molar-refractivity contribution in [2.24, 2.45) is 5.92 Å². The summed E-state index contributed by atoms with van der Waals surface area (Å²) in [6.07, 6.45) is 0.291. The highest BCUT2D eigenvalue weighted by Gasteiger charge is 2.36. The first kappa shape index (κ1) is 19.5. The summed E-state index contributed by atoms with van der Waals surface area (Å²) >= 11 is 7.19. The molecule has 1 amide bonds. The number of benzene rings is 2. The Morgan fingerprint density at radius 2 is 1.79 bits per heavy atom. The van der Waals surface area contributed by atoms with E-state index in [2.05, 4.69) is 0 Å². The van der Waals surface area contributed by atoms with Crippen molar-refractivity contribution in [2.45, 2.75) is 19.4 Å². The Bertz CT molecular complexity index is 1030. The van der Waals surface area contributed by atoms with Gasteiger partial charge < -0.3 is 14.7 Å². The smallest absolute Gasteiger partial charge is 0.449 e. The fourth-order valence-electron chi connectivity index (χ4n) is 3.05. The normalized spacial score (nSPS) is 13.1. The Kier molecular flexibility index (Phi) is 5.56. The van der Waals surface area contributed by atoms with Gasteiger partial charge >= 0.3 is 6.16 Å². The van der Waals surface area contributed by atoms with Gasteiger partial charge in [0, 0.05) is 15.8 Å². The molecule has 5 nitrogen and oxygen atoms in total. The number of anilines is 1. The minimum absolute atomic E-state index is 0.0207. The first-order chi connectivity index (χ1) is 14.0. The van der Waals surface area contributed by atoms with Crippen LogP contribution in [0.2, 0.25) is 5.02 Å². The molecule has 1 aliphatic rings. The topological polar surface area (TPSA) is 66.8 Å². The zero-order valence-electron chi connectivity index (χ0n) is 15.4. The van der Waals surface area contributed by atoms with Crippen LogP contribution in [0.5, 0.6) is 5.06 Å². The lowest BCUT2D eigenvalue weighted by Crippen LogP contribution is -2.31. The Morgan fingerprint density at radius 3 is 2.41 bits per heavy atom. The van der Waals surface area contributed by atoms with E-state index in [4.69, 9.17) is 16.3 Å². The standard InChI is InChI=1S/C22H18ClNO4S/c23-17-10-6-14(7-11-17)13-24(20(25)16-8-9-16)18-12-19(15-4-2-1-3-5-15)29-21(18)28-22(26)27/h1-7,10-12,16H,8-9,13H2,(H,26,27). The second-order valence-electron chi connectivity index (χ2n) is 6.84. The van der Waals surface area contributed by atoms with E-state index >= 15 is 0 Å². The van der Waals surface area contributed by atoms with Crippen LogP contribution < -0.4 is 9.64 Å². The molecule has 29 heavy (non-hydrogen) atoms. The number of carbonyl (C=O) groups excluding carboxylic acids is 1. The van der Waals surface area contributed by atoms with Crippen molar-refractivity contribution >= 4 is 40.7 Å². The summed E-state index contributed by atoms with van der Waals surface area (Å²) in [5.74, 6) is -0.0485. The molecule has 0 bridgehead atoms. The monoisotopic (exact) mass is 427 g/mol. The van der Waals surface area contributed by atoms with E-state index in [1.54, 1.807) is 17.0 Å². The Morgan fingerprint density at radius 1 is 1.10 bits per heavy atom. The van der Waals surface area contributed by atoms with Gasteiger partial charge in [0.25, 0.3) is 0 Å². The molecular formula is C22H18ClNO4S. The molecule has 148 valence electrons. The molecule has 7 heteroatoms. The first-order valence-corrected chi connectivity index (χ1v) is 10.4. The van der Waals surface area contributed by atoms with Crippen molar-refractivity contribution < 1.29 is 19.4 Å². The zero-order valence-corrected chi connectivity index (χ0v) is 16.9. The number of halogens is 1. The molecule has 1 N–H and O–H groups in total. The molecule has 0 unspecified atom stereocenters. The highest BCUT2D eigenvalue weighted by atomic mass is 35.5. The van der Waals surface area contributed by atoms with Crippen LogP contribution in [0.15, 0.2) is 60.7 Å². The number of rotatable bonds is 6. The third-order valence-electron chi connectivity index (χ3n) is 4.66. The van der Waals surface area contributed by atoms with E-state index in [9.17, 15) is 14.7 Å². The lowest BCUT2D eigenvalue weighted by Gasteiger charge is -2.22. The van der Waals surface area contributed by atoms with E-state index < -0.39 is 6.16 Å². The number of hydrogen-bond acceptors (Lipinski definition) is 4. The average molecular weight is 428 g/mol. The molecule has 1 aromatic heterocycles. The van der Waals surface area contributed by atoms with E-state index in [0.29, 0.717) is 17.3 Å². The highest BCUT2D eigenvalue weighted by Crippen LogP contribution is 2.45. The van der Waals surface area contributed by atoms with Crippen LogP contribution in [-0.4, -0.2) is 17.2 Å². The quantitative estimate of drug-likeness (QED) is 0.485. The van der Waals surface area contributed by atoms with Crippen molar-refractivity contribution in [3.05, 3.63) is 71.2 Å². The van der Waals surface area contributed by atoms with Crippen molar-refractivity contribution in [1.82, 2.24) is 0 Å². The van der Waals surface area contributed by atoms with Crippen molar-refractivity contribution in [1.29, 1.82) is 0 Å². The summed E-state index contributed by atoms with van der Waals surface area (Å²) in [5.41, 5.74) is 2.31. The predicted molar refractivity (Wildman–Crippen MR) is 114 cm³/mol. The summed E-state index contributed by atoms with van der Waals surface area (Å²) in [6.45, 7) is 0.313. The summed E-state index contributed by atoms with van der Waals surface area (Å²) in [5, 5.41) is 10.0. The maximum absolute atomic E-state index is 13.1. The van der Waals surface area contributed by atoms with Gasteiger partial charge in [-0.3, -0.25) is 4.79 Å². The van der Waals surface area contributed by atoms with Gasteiger partial charge in [-0.25, -0.2) is 4.79 Å². The lowest BCUT2D eigenvalue weighted by atomic mass is 10.1. The molecule has 0 radical (unpaired) electrons. The van der Waals surface area contributed by atoms with Crippen LogP contribution in [0.3, 0.4) is 0 Å². The Labute approximate surface area is 177 Å². The van der Waals surface area contributed by atoms with Gasteiger partial charge in [0.1, 0.15) is 0 Å². The van der Waals surface area contributed by atoms with E-state index in [1.807, 2.05) is 48.5 Å². The number of nitrogens with zero attached hydrogens (tertiary/aromatic N) is 1. The van der Waals surface area contributed by atoms with Crippen LogP contribution in [0.25, 0.3) is 10.4 Å². The summed E-state index contributed by atoms with van der Waals surface area (Å²) in [6, 6.07) is 18.7. The molecule has 1 heterocycles. The van der Waals surface area contributed by atoms with Gasteiger partial charge in [0.2, 0.25) is 11.0 Å². The minimum atomic E-state index is -1.40. The highest BCUT2D eigenvalue weighted by molar-refractivity contribution is 7.18. The summed E-state index contributed by atoms with van der Waals surface area (Å²) < 4.78 is 5.06. The number of carbonyl (C=O) groups is 2. The van der Waals surface area contributed by atoms with E-state index in [0.717, 1.165) is 28.8 Å². The van der Waals surface area contributed by atoms with Crippen molar-refractivity contribution in [3.8, 4) is 15.5 Å². The average Bonchev–Trinajstić information content (AvgIpc) is 3.49. The number of thiophene rings is 1. The van der Waals surface area contributed by atoms with Gasteiger partial charge in [-0.15, -0.1) is 0 Å². The minimum Gasteiger partial charge on any atom is -0.449 e. The van der Waals surface area contributed by atoms with Gasteiger partial charge in [-0.1, -0.05) is 65.4 Å². The maximum Gasteiger partial charge on any atom is 0.512 e. The van der Waals surface area contributed by atoms with Gasteiger partial charge in [0.15, 0.2) is 0 Å². The molecule has 0 atom stereocenters. The number of carboxylic acid groups (broad SMARTS) is 1. The molecule has 0 aliphatic heterocycles. The van der Waals surface area contributed by atoms with Crippen LogP contribution >= 0.6 is 22.9 Å². The molecule has 4 rings (SSSR count). The molecule has 1 aliphatic carbocycles. The Balaban J connectivity index is 1.75.